The van der Waals surface area contributed by atoms with E-state index < -0.39 is 0 Å². The molecule has 0 fully saturated rings. The van der Waals surface area contributed by atoms with E-state index in [0.29, 0.717) is 6.61 Å². The zero-order valence-corrected chi connectivity index (χ0v) is 9.03. The lowest BCUT2D eigenvalue weighted by Gasteiger charge is -2.13. The van der Waals surface area contributed by atoms with Crippen LogP contribution < -0.4 is 0 Å². The lowest BCUT2D eigenvalue weighted by Crippen LogP contribution is -2.17. The topological polar surface area (TPSA) is 30.8 Å². The molecule has 0 aliphatic carbocycles. The highest BCUT2D eigenvalue weighted by Crippen LogP contribution is 2.08. The molecule has 1 heterocycles. The van der Waals surface area contributed by atoms with E-state index in [9.17, 15) is 0 Å². The average molecular weight is 197 g/mol. The molecular weight excluding hydrogens is 178 g/mol. The number of hydrogen-bond acceptors (Lipinski definition) is 3. The smallest absolute Gasteiger partial charge is 0.0780 e. The number of ether oxygens (including phenoxy) is 2. The van der Waals surface area contributed by atoms with Crippen LogP contribution in [0, 0.1) is 0 Å². The number of rotatable bonds is 8. The van der Waals surface area contributed by atoms with Crippen LogP contribution in [0.15, 0.2) is 16.8 Å². The molecule has 80 valence electrons. The fourth-order valence-corrected chi connectivity index (χ4v) is 1.12. The minimum atomic E-state index is 0.203. The lowest BCUT2D eigenvalue weighted by molar-refractivity contribution is -0.00559. The van der Waals surface area contributed by atoms with Crippen molar-refractivity contribution in [1.82, 2.24) is 0 Å². The van der Waals surface area contributed by atoms with Gasteiger partial charge in [0.05, 0.1) is 19.3 Å². The molecule has 0 unspecified atom stereocenters. The van der Waals surface area contributed by atoms with Crippen molar-refractivity contribution in [2.24, 2.45) is 4.99 Å². The molecule has 3 heteroatoms. The van der Waals surface area contributed by atoms with E-state index in [-0.39, 0.29) is 6.10 Å². The fourth-order valence-electron chi connectivity index (χ4n) is 1.12. The predicted molar refractivity (Wildman–Crippen MR) is 57.7 cm³/mol. The number of nitrogens with zero attached hydrogens (tertiary/aromatic N) is 1. The van der Waals surface area contributed by atoms with Crippen LogP contribution in [0.25, 0.3) is 0 Å². The quantitative estimate of drug-likeness (QED) is 0.558. The first-order valence-corrected chi connectivity index (χ1v) is 5.25. The average Bonchev–Trinajstić information content (AvgIpc) is 2.11. The van der Waals surface area contributed by atoms with Crippen LogP contribution in [-0.2, 0) is 9.47 Å². The van der Waals surface area contributed by atoms with Crippen molar-refractivity contribution < 1.29 is 9.47 Å². The van der Waals surface area contributed by atoms with E-state index in [1.54, 1.807) is 0 Å². The second-order valence-corrected chi connectivity index (χ2v) is 3.44. The summed E-state index contributed by atoms with van der Waals surface area (Å²) in [5, 5.41) is 0. The highest BCUT2D eigenvalue weighted by Gasteiger charge is 2.03. The van der Waals surface area contributed by atoms with Gasteiger partial charge in [-0.15, -0.1) is 0 Å². The summed E-state index contributed by atoms with van der Waals surface area (Å²) in [5.41, 5.74) is 1.13. The Morgan fingerprint density at radius 2 is 2.21 bits per heavy atom. The summed E-state index contributed by atoms with van der Waals surface area (Å²) in [5.74, 6) is 0. The van der Waals surface area contributed by atoms with Gasteiger partial charge < -0.3 is 9.47 Å². The van der Waals surface area contributed by atoms with Gasteiger partial charge in [0.1, 0.15) is 0 Å². The summed E-state index contributed by atoms with van der Waals surface area (Å²) >= 11 is 0. The van der Waals surface area contributed by atoms with Crippen molar-refractivity contribution in [3.05, 3.63) is 11.8 Å². The highest BCUT2D eigenvalue weighted by atomic mass is 16.5. The first-order valence-electron chi connectivity index (χ1n) is 5.25. The normalized spacial score (nSPS) is 16.3. The third-order valence-corrected chi connectivity index (χ3v) is 1.97. The van der Waals surface area contributed by atoms with Gasteiger partial charge in [0.15, 0.2) is 0 Å². The molecule has 1 atom stereocenters. The molecule has 0 amide bonds. The highest BCUT2D eigenvalue weighted by molar-refractivity contribution is 5.79. The molecule has 14 heavy (non-hydrogen) atoms. The monoisotopic (exact) mass is 197 g/mol. The summed E-state index contributed by atoms with van der Waals surface area (Å²) in [7, 11) is 0. The van der Waals surface area contributed by atoms with Crippen LogP contribution in [0.1, 0.15) is 26.7 Å². The van der Waals surface area contributed by atoms with Crippen LogP contribution in [0.4, 0.5) is 0 Å². The van der Waals surface area contributed by atoms with E-state index in [4.69, 9.17) is 9.47 Å². The Bertz CT molecular complexity index is 211. The standard InChI is InChI=1S/C11H19NO2/c1-3-7-14-10(2)9-13-8-5-11-4-6-12-11/h4,6,10H,3,5,7-9H2,1-2H3/t10-/m0/s1. The number of hydrogen-bond donors (Lipinski definition) is 0. The van der Waals surface area contributed by atoms with Gasteiger partial charge in [-0.05, 0) is 19.4 Å². The van der Waals surface area contributed by atoms with Crippen molar-refractivity contribution in [3.63, 3.8) is 0 Å². The minimum Gasteiger partial charge on any atom is -0.378 e. The minimum absolute atomic E-state index is 0.203. The lowest BCUT2D eigenvalue weighted by atomic mass is 10.2. The zero-order valence-electron chi connectivity index (χ0n) is 9.03. The van der Waals surface area contributed by atoms with Crippen LogP contribution >= 0.6 is 0 Å². The first kappa shape index (κ1) is 11.4. The molecule has 0 aromatic heterocycles. The Balaban J connectivity index is 1.87. The summed E-state index contributed by atoms with van der Waals surface area (Å²) in [4.78, 5) is 4.06. The van der Waals surface area contributed by atoms with E-state index in [1.165, 1.54) is 0 Å². The Labute approximate surface area is 85.8 Å². The van der Waals surface area contributed by atoms with E-state index >= 15 is 0 Å². The van der Waals surface area contributed by atoms with Crippen LogP contribution in [0.5, 0.6) is 0 Å². The molecule has 0 aromatic carbocycles. The van der Waals surface area contributed by atoms with E-state index in [2.05, 4.69) is 11.9 Å². The van der Waals surface area contributed by atoms with Gasteiger partial charge in [0, 0.05) is 24.9 Å². The van der Waals surface area contributed by atoms with Gasteiger partial charge in [-0.1, -0.05) is 6.92 Å². The van der Waals surface area contributed by atoms with Crippen molar-refractivity contribution in [2.75, 3.05) is 19.8 Å². The molecule has 1 aliphatic heterocycles. The fraction of sp³-hybridized carbons (Fsp3) is 0.727. The van der Waals surface area contributed by atoms with Crippen molar-refractivity contribution in [3.8, 4) is 0 Å². The Morgan fingerprint density at radius 1 is 1.43 bits per heavy atom. The number of aliphatic imine (C=N–C) groups is 1. The van der Waals surface area contributed by atoms with Crippen LogP contribution in [0.3, 0.4) is 0 Å². The Morgan fingerprint density at radius 3 is 2.79 bits per heavy atom. The van der Waals surface area contributed by atoms with Gasteiger partial charge in [-0.2, -0.15) is 0 Å². The third-order valence-electron chi connectivity index (χ3n) is 1.97. The van der Waals surface area contributed by atoms with E-state index in [0.717, 1.165) is 31.8 Å². The van der Waals surface area contributed by atoms with E-state index in [1.807, 2.05) is 19.2 Å². The van der Waals surface area contributed by atoms with Crippen LogP contribution in [0.2, 0.25) is 0 Å². The Kier molecular flexibility index (Phi) is 5.49. The summed E-state index contributed by atoms with van der Waals surface area (Å²) in [6.07, 6.45) is 6.00. The van der Waals surface area contributed by atoms with Gasteiger partial charge >= 0.3 is 0 Å². The largest absolute Gasteiger partial charge is 0.378 e. The summed E-state index contributed by atoms with van der Waals surface area (Å²) in [6.45, 7) is 6.38. The summed E-state index contributed by atoms with van der Waals surface area (Å²) in [6, 6.07) is 0. The molecule has 0 aromatic rings. The maximum atomic E-state index is 5.47. The molecule has 0 N–H and O–H groups in total. The second-order valence-electron chi connectivity index (χ2n) is 3.44. The second kappa shape index (κ2) is 6.74. The van der Waals surface area contributed by atoms with Gasteiger partial charge in [-0.25, -0.2) is 0 Å². The van der Waals surface area contributed by atoms with Crippen molar-refractivity contribution in [2.45, 2.75) is 32.8 Å². The van der Waals surface area contributed by atoms with Gasteiger partial charge in [0.2, 0.25) is 0 Å². The molecule has 0 saturated heterocycles. The van der Waals surface area contributed by atoms with Gasteiger partial charge in [-0.3, -0.25) is 4.99 Å². The van der Waals surface area contributed by atoms with Gasteiger partial charge in [0.25, 0.3) is 0 Å². The third kappa shape index (κ3) is 4.53. The van der Waals surface area contributed by atoms with Crippen LogP contribution in [-0.4, -0.2) is 32.1 Å². The zero-order chi connectivity index (χ0) is 10.2. The molecule has 0 radical (unpaired) electrons. The molecule has 0 saturated carbocycles. The predicted octanol–water partition coefficient (Wildman–Crippen LogP) is 2.18. The molecule has 1 aliphatic rings. The van der Waals surface area contributed by atoms with Crippen molar-refractivity contribution in [1.29, 1.82) is 0 Å². The van der Waals surface area contributed by atoms with Crippen molar-refractivity contribution >= 4 is 6.21 Å². The maximum Gasteiger partial charge on any atom is 0.0780 e. The Hall–Kier alpha value is -0.670. The molecule has 0 bridgehead atoms. The molecule has 1 rings (SSSR count). The molecular formula is C11H19NO2. The first-order chi connectivity index (χ1) is 6.83. The summed E-state index contributed by atoms with van der Waals surface area (Å²) < 4.78 is 10.9. The molecule has 0 spiro atoms. The maximum absolute atomic E-state index is 5.47. The SMILES string of the molecule is CCCO[C@@H](C)COCCC1=CC=N1. The molecule has 3 nitrogen and oxygen atoms in total. The number of allylic oxidation sites excluding steroid dienone is 1.